The van der Waals surface area contributed by atoms with Crippen molar-refractivity contribution in [2.24, 2.45) is 0 Å². The van der Waals surface area contributed by atoms with Crippen LogP contribution in [0, 0.1) is 0 Å². The van der Waals surface area contributed by atoms with Crippen LogP contribution in [0.15, 0.2) is 18.2 Å². The van der Waals surface area contributed by atoms with E-state index in [1.165, 1.54) is 0 Å². The molecule has 0 aliphatic rings. The van der Waals surface area contributed by atoms with E-state index >= 15 is 0 Å². The van der Waals surface area contributed by atoms with Crippen molar-refractivity contribution in [2.75, 3.05) is 0 Å². The maximum Gasteiger partial charge on any atom is 0.124 e. The Balaban J connectivity index is 2.96. The first-order chi connectivity index (χ1) is 5.77. The molecule has 0 atom stereocenters. The van der Waals surface area contributed by atoms with Crippen molar-refractivity contribution in [3.63, 3.8) is 0 Å². The normalized spacial score (nSPS) is 9.75. The van der Waals surface area contributed by atoms with Crippen LogP contribution in [0.2, 0.25) is 0 Å². The Kier molecular flexibility index (Phi) is 3.11. The minimum atomic E-state index is 0.180. The van der Waals surface area contributed by atoms with Crippen LogP contribution in [0.1, 0.15) is 11.1 Å². The van der Waals surface area contributed by atoms with Crippen LogP contribution >= 0.6 is 11.6 Å². The second-order valence-electron chi connectivity index (χ2n) is 2.47. The van der Waals surface area contributed by atoms with Crippen molar-refractivity contribution in [3.8, 4) is 5.75 Å². The number of aromatic hydroxyl groups is 1. The number of carbonyl (C=O) groups excluding carboxylic acids is 1. The second kappa shape index (κ2) is 4.12. The fraction of sp³-hybridized carbons (Fsp3) is 0.222. The number of phenolic OH excluding ortho intramolecular Hbond substituents is 1. The molecule has 1 rings (SSSR count). The zero-order chi connectivity index (χ0) is 8.97. The van der Waals surface area contributed by atoms with E-state index in [0.717, 1.165) is 11.8 Å². The summed E-state index contributed by atoms with van der Waals surface area (Å²) >= 11 is 5.56. The van der Waals surface area contributed by atoms with Crippen LogP contribution in [0.3, 0.4) is 0 Å². The fourth-order valence-corrected chi connectivity index (χ4v) is 1.18. The molecule has 64 valence electrons. The third kappa shape index (κ3) is 1.98. The first kappa shape index (κ1) is 9.07. The molecule has 0 heterocycles. The molecular formula is C9H9ClO2. The number of benzene rings is 1. The van der Waals surface area contributed by atoms with E-state index in [1.54, 1.807) is 18.2 Å². The summed E-state index contributed by atoms with van der Waals surface area (Å²) in [6.45, 7) is 0. The van der Waals surface area contributed by atoms with Crippen LogP contribution in [0.25, 0.3) is 0 Å². The SMILES string of the molecule is O=CCc1ccc(O)c(CCl)c1. The number of halogens is 1. The average Bonchev–Trinajstić information content (AvgIpc) is 2.09. The van der Waals surface area contributed by atoms with Crippen molar-refractivity contribution < 1.29 is 9.90 Å². The zero-order valence-electron chi connectivity index (χ0n) is 6.46. The van der Waals surface area contributed by atoms with E-state index in [1.807, 2.05) is 0 Å². The van der Waals surface area contributed by atoms with Crippen molar-refractivity contribution in [1.29, 1.82) is 0 Å². The Labute approximate surface area is 75.8 Å². The molecule has 3 heteroatoms. The Hall–Kier alpha value is -1.02. The van der Waals surface area contributed by atoms with Crippen LogP contribution < -0.4 is 0 Å². The summed E-state index contributed by atoms with van der Waals surface area (Å²) in [5, 5.41) is 9.23. The van der Waals surface area contributed by atoms with E-state index in [-0.39, 0.29) is 11.6 Å². The molecule has 0 amide bonds. The van der Waals surface area contributed by atoms with Crippen molar-refractivity contribution in [3.05, 3.63) is 29.3 Å². The third-order valence-electron chi connectivity index (χ3n) is 1.61. The molecule has 1 aromatic carbocycles. The molecule has 1 aromatic rings. The minimum absolute atomic E-state index is 0.180. The monoisotopic (exact) mass is 184 g/mol. The highest BCUT2D eigenvalue weighted by Gasteiger charge is 2.00. The van der Waals surface area contributed by atoms with Gasteiger partial charge in [0.2, 0.25) is 0 Å². The lowest BCUT2D eigenvalue weighted by molar-refractivity contribution is -0.107. The van der Waals surface area contributed by atoms with Gasteiger partial charge in [-0.15, -0.1) is 11.6 Å². The van der Waals surface area contributed by atoms with Gasteiger partial charge < -0.3 is 9.90 Å². The Morgan fingerprint density at radius 3 is 2.83 bits per heavy atom. The standard InChI is InChI=1S/C9H9ClO2/c10-6-8-5-7(3-4-11)1-2-9(8)12/h1-2,4-5,12H,3,6H2. The fourth-order valence-electron chi connectivity index (χ4n) is 0.969. The molecule has 0 unspecified atom stereocenters. The lowest BCUT2D eigenvalue weighted by Gasteiger charge is -2.01. The second-order valence-corrected chi connectivity index (χ2v) is 2.73. The third-order valence-corrected chi connectivity index (χ3v) is 1.89. The first-order valence-corrected chi connectivity index (χ1v) is 4.11. The van der Waals surface area contributed by atoms with Gasteiger partial charge in [0, 0.05) is 12.0 Å². The maximum atomic E-state index is 10.2. The molecule has 0 spiro atoms. The minimum Gasteiger partial charge on any atom is -0.508 e. The van der Waals surface area contributed by atoms with Gasteiger partial charge in [0.1, 0.15) is 12.0 Å². The van der Waals surface area contributed by atoms with Gasteiger partial charge >= 0.3 is 0 Å². The van der Waals surface area contributed by atoms with Crippen LogP contribution in [-0.4, -0.2) is 11.4 Å². The van der Waals surface area contributed by atoms with Gasteiger partial charge in [-0.2, -0.15) is 0 Å². The number of carbonyl (C=O) groups is 1. The molecular weight excluding hydrogens is 176 g/mol. The van der Waals surface area contributed by atoms with Crippen LogP contribution in [0.5, 0.6) is 5.75 Å². The van der Waals surface area contributed by atoms with Gasteiger partial charge in [0.15, 0.2) is 0 Å². The highest BCUT2D eigenvalue weighted by molar-refractivity contribution is 6.17. The smallest absolute Gasteiger partial charge is 0.124 e. The summed E-state index contributed by atoms with van der Waals surface area (Å²) in [5.41, 5.74) is 1.54. The lowest BCUT2D eigenvalue weighted by Crippen LogP contribution is -1.88. The molecule has 0 fully saturated rings. The number of phenols is 1. The van der Waals surface area contributed by atoms with Gasteiger partial charge in [0.25, 0.3) is 0 Å². The Morgan fingerprint density at radius 2 is 2.25 bits per heavy atom. The number of hydrogen-bond donors (Lipinski definition) is 1. The predicted octanol–water partition coefficient (Wildman–Crippen LogP) is 1.87. The van der Waals surface area contributed by atoms with Crippen LogP contribution in [-0.2, 0) is 17.1 Å². The molecule has 0 bridgehead atoms. The van der Waals surface area contributed by atoms with Crippen molar-refractivity contribution >= 4 is 17.9 Å². The molecule has 0 saturated carbocycles. The average molecular weight is 185 g/mol. The quantitative estimate of drug-likeness (QED) is 0.575. The molecule has 0 aromatic heterocycles. The Bertz CT molecular complexity index is 284. The zero-order valence-corrected chi connectivity index (χ0v) is 7.21. The summed E-state index contributed by atoms with van der Waals surface area (Å²) in [4.78, 5) is 10.2. The number of hydrogen-bond acceptors (Lipinski definition) is 2. The maximum absolute atomic E-state index is 10.2. The highest BCUT2D eigenvalue weighted by Crippen LogP contribution is 2.20. The number of rotatable bonds is 3. The largest absolute Gasteiger partial charge is 0.508 e. The topological polar surface area (TPSA) is 37.3 Å². The Morgan fingerprint density at radius 1 is 1.50 bits per heavy atom. The van der Waals surface area contributed by atoms with Crippen molar-refractivity contribution in [1.82, 2.24) is 0 Å². The first-order valence-electron chi connectivity index (χ1n) is 3.58. The van der Waals surface area contributed by atoms with Gasteiger partial charge in [-0.05, 0) is 11.6 Å². The van der Waals surface area contributed by atoms with Crippen molar-refractivity contribution in [2.45, 2.75) is 12.3 Å². The van der Waals surface area contributed by atoms with E-state index in [4.69, 9.17) is 11.6 Å². The summed E-state index contributed by atoms with van der Waals surface area (Å²) < 4.78 is 0. The molecule has 2 nitrogen and oxygen atoms in total. The molecule has 1 N–H and O–H groups in total. The van der Waals surface area contributed by atoms with Crippen LogP contribution in [0.4, 0.5) is 0 Å². The van der Waals surface area contributed by atoms with Gasteiger partial charge in [-0.3, -0.25) is 0 Å². The predicted molar refractivity (Wildman–Crippen MR) is 47.4 cm³/mol. The number of aldehydes is 1. The van der Waals surface area contributed by atoms with Gasteiger partial charge in [-0.1, -0.05) is 12.1 Å². The molecule has 12 heavy (non-hydrogen) atoms. The summed E-state index contributed by atoms with van der Waals surface area (Å²) in [5.74, 6) is 0.443. The lowest BCUT2D eigenvalue weighted by atomic mass is 10.1. The molecule has 0 radical (unpaired) electrons. The van der Waals surface area contributed by atoms with Gasteiger partial charge in [0.05, 0.1) is 5.88 Å². The van der Waals surface area contributed by atoms with E-state index in [0.29, 0.717) is 12.0 Å². The summed E-state index contributed by atoms with van der Waals surface area (Å²) in [6, 6.07) is 4.99. The summed E-state index contributed by atoms with van der Waals surface area (Å²) in [7, 11) is 0. The highest BCUT2D eigenvalue weighted by atomic mass is 35.5. The van der Waals surface area contributed by atoms with Gasteiger partial charge in [-0.25, -0.2) is 0 Å². The van der Waals surface area contributed by atoms with E-state index < -0.39 is 0 Å². The molecule has 0 saturated heterocycles. The summed E-state index contributed by atoms with van der Waals surface area (Å²) in [6.07, 6.45) is 1.19. The molecule has 0 aliphatic carbocycles. The van der Waals surface area contributed by atoms with E-state index in [9.17, 15) is 9.90 Å². The number of alkyl halides is 1. The molecule has 0 aliphatic heterocycles. The van der Waals surface area contributed by atoms with E-state index in [2.05, 4.69) is 0 Å².